The number of cyclic esters (lactones) is 1. The molecular formula is C16H26O5. The number of methoxy groups -OCH3 is 1. The molecule has 5 nitrogen and oxygen atoms in total. The Morgan fingerprint density at radius 1 is 1.14 bits per heavy atom. The predicted molar refractivity (Wildman–Crippen MR) is 77.6 cm³/mol. The zero-order valence-electron chi connectivity index (χ0n) is 13.0. The zero-order valence-corrected chi connectivity index (χ0v) is 13.0. The van der Waals surface area contributed by atoms with Gasteiger partial charge in [-0.2, -0.15) is 0 Å². The van der Waals surface area contributed by atoms with Gasteiger partial charge in [-0.05, 0) is 18.9 Å². The summed E-state index contributed by atoms with van der Waals surface area (Å²) >= 11 is 0. The van der Waals surface area contributed by atoms with Crippen LogP contribution in [-0.2, 0) is 23.7 Å². The average Bonchev–Trinajstić information content (AvgIpc) is 3.03. The quantitative estimate of drug-likeness (QED) is 0.372. The van der Waals surface area contributed by atoms with Gasteiger partial charge in [-0.15, -0.1) is 0 Å². The van der Waals surface area contributed by atoms with E-state index in [1.165, 1.54) is 45.6 Å². The van der Waals surface area contributed by atoms with Crippen molar-refractivity contribution in [1.82, 2.24) is 0 Å². The SMILES string of the molecule is CCCCCCCCC=C[C@@H]1OC(=O)[C@H]2OC(OC)O[C@@H]12. The van der Waals surface area contributed by atoms with E-state index in [9.17, 15) is 4.79 Å². The summed E-state index contributed by atoms with van der Waals surface area (Å²) in [6, 6.07) is 0. The van der Waals surface area contributed by atoms with E-state index in [2.05, 4.69) is 13.0 Å². The van der Waals surface area contributed by atoms with Crippen LogP contribution in [0.5, 0.6) is 0 Å². The maximum Gasteiger partial charge on any atom is 0.339 e. The summed E-state index contributed by atoms with van der Waals surface area (Å²) in [5.74, 6) is -0.367. The van der Waals surface area contributed by atoms with Crippen molar-refractivity contribution in [2.24, 2.45) is 0 Å². The molecule has 2 aliphatic heterocycles. The molecule has 0 N–H and O–H groups in total. The molecule has 2 saturated heterocycles. The summed E-state index contributed by atoms with van der Waals surface area (Å²) in [6.07, 6.45) is 11.3. The van der Waals surface area contributed by atoms with E-state index in [1.54, 1.807) is 0 Å². The standard InChI is InChI=1S/C16H26O5/c1-3-4-5-6-7-8-9-10-11-12-13-14(15(17)19-12)21-16(18-2)20-13/h10-14,16H,3-9H2,1-2H3/t12-,13-,14-,16?/m0/s1. The van der Waals surface area contributed by atoms with Gasteiger partial charge in [0.25, 0.3) is 6.48 Å². The van der Waals surface area contributed by atoms with Crippen molar-refractivity contribution in [3.05, 3.63) is 12.2 Å². The van der Waals surface area contributed by atoms with Crippen LogP contribution in [0.4, 0.5) is 0 Å². The normalized spacial score (nSPS) is 31.8. The fourth-order valence-corrected chi connectivity index (χ4v) is 2.67. The molecule has 0 radical (unpaired) electrons. The minimum absolute atomic E-state index is 0.359. The first-order chi connectivity index (χ1) is 10.3. The monoisotopic (exact) mass is 298 g/mol. The van der Waals surface area contributed by atoms with Crippen molar-refractivity contribution in [3.63, 3.8) is 0 Å². The summed E-state index contributed by atoms with van der Waals surface area (Å²) in [5, 5.41) is 0. The lowest BCUT2D eigenvalue weighted by atomic mass is 10.1. The minimum Gasteiger partial charge on any atom is -0.453 e. The Bertz CT molecular complexity index is 355. The van der Waals surface area contributed by atoms with Crippen molar-refractivity contribution in [1.29, 1.82) is 0 Å². The van der Waals surface area contributed by atoms with Crippen LogP contribution >= 0.6 is 0 Å². The molecule has 0 spiro atoms. The molecule has 0 saturated carbocycles. The van der Waals surface area contributed by atoms with Gasteiger partial charge in [-0.1, -0.05) is 45.1 Å². The number of fused-ring (bicyclic) bond motifs is 1. The summed E-state index contributed by atoms with van der Waals surface area (Å²) in [6.45, 7) is 1.46. The van der Waals surface area contributed by atoms with Gasteiger partial charge in [-0.3, -0.25) is 0 Å². The number of hydrogen-bond acceptors (Lipinski definition) is 5. The van der Waals surface area contributed by atoms with Crippen LogP contribution in [-0.4, -0.2) is 37.9 Å². The molecule has 0 aromatic carbocycles. The lowest BCUT2D eigenvalue weighted by Crippen LogP contribution is -2.27. The van der Waals surface area contributed by atoms with Gasteiger partial charge in [0.05, 0.1) is 0 Å². The molecule has 2 heterocycles. The Labute approximate surface area is 126 Å². The first-order valence-electron chi connectivity index (χ1n) is 7.97. The second-order valence-electron chi connectivity index (χ2n) is 5.57. The highest BCUT2D eigenvalue weighted by Gasteiger charge is 2.52. The van der Waals surface area contributed by atoms with Crippen LogP contribution in [0.25, 0.3) is 0 Å². The van der Waals surface area contributed by atoms with E-state index in [-0.39, 0.29) is 18.2 Å². The second kappa shape index (κ2) is 8.51. The molecule has 120 valence electrons. The van der Waals surface area contributed by atoms with E-state index >= 15 is 0 Å². The molecule has 0 bridgehead atoms. The van der Waals surface area contributed by atoms with Crippen molar-refractivity contribution in [2.75, 3.05) is 7.11 Å². The van der Waals surface area contributed by atoms with Crippen molar-refractivity contribution in [2.45, 2.75) is 76.7 Å². The van der Waals surface area contributed by atoms with E-state index in [0.717, 1.165) is 6.42 Å². The lowest BCUT2D eigenvalue weighted by molar-refractivity contribution is -0.240. The molecule has 0 aromatic heterocycles. The Morgan fingerprint density at radius 3 is 2.67 bits per heavy atom. The number of ether oxygens (including phenoxy) is 4. The lowest BCUT2D eigenvalue weighted by Gasteiger charge is -2.13. The number of hydrogen-bond donors (Lipinski definition) is 0. The maximum absolute atomic E-state index is 11.6. The van der Waals surface area contributed by atoms with Gasteiger partial charge < -0.3 is 18.9 Å². The van der Waals surface area contributed by atoms with Gasteiger partial charge in [0.1, 0.15) is 12.2 Å². The molecular weight excluding hydrogens is 272 g/mol. The number of esters is 1. The molecule has 21 heavy (non-hydrogen) atoms. The maximum atomic E-state index is 11.6. The average molecular weight is 298 g/mol. The zero-order chi connectivity index (χ0) is 15.1. The third-order valence-electron chi connectivity index (χ3n) is 3.88. The first kappa shape index (κ1) is 16.5. The Morgan fingerprint density at radius 2 is 1.90 bits per heavy atom. The van der Waals surface area contributed by atoms with Crippen LogP contribution in [0.2, 0.25) is 0 Å². The number of carbonyl (C=O) groups is 1. The van der Waals surface area contributed by atoms with Crippen LogP contribution in [0.1, 0.15) is 51.9 Å². The third kappa shape index (κ3) is 4.53. The topological polar surface area (TPSA) is 54.0 Å². The molecule has 2 rings (SSSR count). The minimum atomic E-state index is -0.762. The largest absolute Gasteiger partial charge is 0.453 e. The summed E-state index contributed by atoms with van der Waals surface area (Å²) in [7, 11) is 1.49. The van der Waals surface area contributed by atoms with Gasteiger partial charge >= 0.3 is 5.97 Å². The smallest absolute Gasteiger partial charge is 0.339 e. The Hall–Kier alpha value is -0.910. The van der Waals surface area contributed by atoms with Crippen LogP contribution in [0.3, 0.4) is 0 Å². The molecule has 2 fully saturated rings. The van der Waals surface area contributed by atoms with Crippen LogP contribution in [0, 0.1) is 0 Å². The second-order valence-corrected chi connectivity index (χ2v) is 5.57. The molecule has 1 unspecified atom stereocenters. The molecule has 0 amide bonds. The molecule has 0 aromatic rings. The van der Waals surface area contributed by atoms with E-state index < -0.39 is 12.6 Å². The highest BCUT2D eigenvalue weighted by atomic mass is 16.9. The fourth-order valence-electron chi connectivity index (χ4n) is 2.67. The summed E-state index contributed by atoms with van der Waals surface area (Å²) in [4.78, 5) is 11.6. The van der Waals surface area contributed by atoms with E-state index in [1.807, 2.05) is 6.08 Å². The summed E-state index contributed by atoms with van der Waals surface area (Å²) in [5.41, 5.74) is 0. The Kier molecular flexibility index (Phi) is 6.67. The van der Waals surface area contributed by atoms with Gasteiger partial charge in [0.15, 0.2) is 6.10 Å². The Balaban J connectivity index is 1.66. The van der Waals surface area contributed by atoms with Gasteiger partial charge in [0.2, 0.25) is 0 Å². The molecule has 5 heteroatoms. The van der Waals surface area contributed by atoms with Gasteiger partial charge in [-0.25, -0.2) is 4.79 Å². The van der Waals surface area contributed by atoms with Crippen molar-refractivity contribution < 1.29 is 23.7 Å². The number of carbonyl (C=O) groups excluding carboxylic acids is 1. The van der Waals surface area contributed by atoms with Crippen molar-refractivity contribution in [3.8, 4) is 0 Å². The molecule has 2 aliphatic rings. The molecule has 0 aliphatic carbocycles. The van der Waals surface area contributed by atoms with Crippen LogP contribution < -0.4 is 0 Å². The fraction of sp³-hybridized carbons (Fsp3) is 0.812. The van der Waals surface area contributed by atoms with Crippen molar-refractivity contribution >= 4 is 5.97 Å². The highest BCUT2D eigenvalue weighted by Crippen LogP contribution is 2.31. The van der Waals surface area contributed by atoms with Gasteiger partial charge in [0, 0.05) is 7.11 Å². The number of allylic oxidation sites excluding steroid dienone is 1. The predicted octanol–water partition coefficient (Wildman–Crippen LogP) is 2.93. The molecule has 4 atom stereocenters. The summed E-state index contributed by atoms with van der Waals surface area (Å²) < 4.78 is 21.0. The first-order valence-corrected chi connectivity index (χ1v) is 7.97. The number of unbranched alkanes of at least 4 members (excludes halogenated alkanes) is 6. The highest BCUT2D eigenvalue weighted by molar-refractivity contribution is 5.78. The number of rotatable bonds is 9. The van der Waals surface area contributed by atoms with E-state index in [0.29, 0.717) is 0 Å². The third-order valence-corrected chi connectivity index (χ3v) is 3.88. The van der Waals surface area contributed by atoms with Crippen LogP contribution in [0.15, 0.2) is 12.2 Å². The van der Waals surface area contributed by atoms with E-state index in [4.69, 9.17) is 18.9 Å².